The average Bonchev–Trinajstić information content (AvgIpc) is 3.02. The number of anilines is 1. The molecule has 0 bridgehead atoms. The Hall–Kier alpha value is -2.76. The number of carbonyl (C=O) groups excluding carboxylic acids is 1. The van der Waals surface area contributed by atoms with Gasteiger partial charge in [0.15, 0.2) is 5.76 Å². The Kier molecular flexibility index (Phi) is 6.22. The van der Waals surface area contributed by atoms with Crippen LogP contribution in [0.5, 0.6) is 5.75 Å². The number of unbranched alkanes of at least 4 members (excludes halogenated alkanes) is 1. The van der Waals surface area contributed by atoms with Crippen LogP contribution in [0.15, 0.2) is 28.7 Å². The Morgan fingerprint density at radius 1 is 1.24 bits per heavy atom. The maximum absolute atomic E-state index is 12.3. The van der Waals surface area contributed by atoms with Crippen LogP contribution in [0.2, 0.25) is 0 Å². The highest BCUT2D eigenvalue weighted by atomic mass is 16.5. The molecule has 0 fully saturated rings. The predicted molar refractivity (Wildman–Crippen MR) is 94.6 cm³/mol. The highest BCUT2D eigenvalue weighted by Crippen LogP contribution is 2.23. The second-order valence-electron chi connectivity index (χ2n) is 5.74. The summed E-state index contributed by atoms with van der Waals surface area (Å²) in [7, 11) is 0. The molecule has 6 nitrogen and oxygen atoms in total. The lowest BCUT2D eigenvalue weighted by Crippen LogP contribution is -2.12. The molecule has 1 heterocycles. The van der Waals surface area contributed by atoms with Gasteiger partial charge in [-0.3, -0.25) is 4.79 Å². The van der Waals surface area contributed by atoms with Crippen molar-refractivity contribution in [2.24, 2.45) is 0 Å². The molecule has 2 N–H and O–H groups in total. The van der Waals surface area contributed by atoms with Gasteiger partial charge in [0.25, 0.3) is 5.91 Å². The molecule has 0 spiro atoms. The summed E-state index contributed by atoms with van der Waals surface area (Å²) in [5.74, 6) is -0.566. The van der Waals surface area contributed by atoms with Gasteiger partial charge in [-0.1, -0.05) is 20.3 Å². The molecule has 0 radical (unpaired) electrons. The zero-order valence-electron chi connectivity index (χ0n) is 14.7. The Labute approximate surface area is 146 Å². The zero-order chi connectivity index (χ0) is 18.4. The number of aromatic carboxylic acids is 1. The summed E-state index contributed by atoms with van der Waals surface area (Å²) in [6.07, 6.45) is 2.45. The third-order valence-corrected chi connectivity index (χ3v) is 3.80. The highest BCUT2D eigenvalue weighted by Gasteiger charge is 2.20. The molecule has 2 rings (SSSR count). The quantitative estimate of drug-likeness (QED) is 0.697. The van der Waals surface area contributed by atoms with Gasteiger partial charge in [0.1, 0.15) is 17.1 Å². The van der Waals surface area contributed by atoms with Crippen LogP contribution in [-0.4, -0.2) is 23.6 Å². The van der Waals surface area contributed by atoms with Crippen LogP contribution in [0.1, 0.15) is 58.9 Å². The molecule has 2 aromatic rings. The lowest BCUT2D eigenvalue weighted by atomic mass is 10.2. The van der Waals surface area contributed by atoms with Crippen molar-refractivity contribution in [3.8, 4) is 5.75 Å². The first kappa shape index (κ1) is 18.6. The summed E-state index contributed by atoms with van der Waals surface area (Å²) in [6.45, 7) is 6.40. The van der Waals surface area contributed by atoms with Crippen molar-refractivity contribution in [1.29, 1.82) is 0 Å². The topological polar surface area (TPSA) is 88.8 Å². The molecule has 1 aromatic heterocycles. The molecule has 25 heavy (non-hydrogen) atoms. The number of rotatable bonds is 8. The third kappa shape index (κ3) is 4.62. The molecule has 134 valence electrons. The monoisotopic (exact) mass is 345 g/mol. The molecular weight excluding hydrogens is 322 g/mol. The number of furan rings is 1. The normalized spacial score (nSPS) is 10.5. The first-order valence-corrected chi connectivity index (χ1v) is 8.37. The fourth-order valence-electron chi connectivity index (χ4n) is 2.37. The number of nitrogens with one attached hydrogen (secondary N) is 1. The molecule has 0 aliphatic carbocycles. The van der Waals surface area contributed by atoms with E-state index in [9.17, 15) is 9.59 Å². The number of carboxylic acids is 1. The number of carbonyl (C=O) groups is 2. The van der Waals surface area contributed by atoms with Crippen LogP contribution >= 0.6 is 0 Å². The van der Waals surface area contributed by atoms with Crippen LogP contribution in [0.4, 0.5) is 5.69 Å². The van der Waals surface area contributed by atoms with Gasteiger partial charge >= 0.3 is 5.97 Å². The van der Waals surface area contributed by atoms with E-state index in [0.29, 0.717) is 18.7 Å². The molecule has 0 aliphatic heterocycles. The Balaban J connectivity index is 2.11. The van der Waals surface area contributed by atoms with Gasteiger partial charge in [-0.15, -0.1) is 0 Å². The largest absolute Gasteiger partial charge is 0.494 e. The number of hydrogen-bond acceptors (Lipinski definition) is 4. The second kappa shape index (κ2) is 8.37. The highest BCUT2D eigenvalue weighted by molar-refractivity contribution is 6.04. The van der Waals surface area contributed by atoms with Gasteiger partial charge in [0, 0.05) is 18.2 Å². The number of amides is 1. The van der Waals surface area contributed by atoms with Crippen molar-refractivity contribution in [2.75, 3.05) is 11.9 Å². The SMILES string of the molecule is CCCCOc1ccc(NC(=O)c2cc(C(=O)O)c(CC)o2)c(C)c1. The minimum atomic E-state index is -1.11. The van der Waals surface area contributed by atoms with Crippen LogP contribution in [0.3, 0.4) is 0 Å². The molecule has 0 unspecified atom stereocenters. The van der Waals surface area contributed by atoms with Crippen LogP contribution < -0.4 is 10.1 Å². The van der Waals surface area contributed by atoms with Gasteiger partial charge in [0.05, 0.1) is 6.61 Å². The van der Waals surface area contributed by atoms with Crippen molar-refractivity contribution in [3.63, 3.8) is 0 Å². The number of carboxylic acid groups (broad SMARTS) is 1. The maximum atomic E-state index is 12.3. The predicted octanol–water partition coefficient (Wildman–Crippen LogP) is 4.28. The van der Waals surface area contributed by atoms with Crippen molar-refractivity contribution in [1.82, 2.24) is 0 Å². The van der Waals surface area contributed by atoms with E-state index in [2.05, 4.69) is 12.2 Å². The fourth-order valence-corrected chi connectivity index (χ4v) is 2.37. The van der Waals surface area contributed by atoms with Crippen LogP contribution in [0, 0.1) is 6.92 Å². The summed E-state index contributed by atoms with van der Waals surface area (Å²) in [4.78, 5) is 23.5. The number of benzene rings is 1. The number of hydrogen-bond donors (Lipinski definition) is 2. The van der Waals surface area contributed by atoms with E-state index >= 15 is 0 Å². The van der Waals surface area contributed by atoms with E-state index in [1.807, 2.05) is 13.0 Å². The Bertz CT molecular complexity index is 763. The first-order valence-electron chi connectivity index (χ1n) is 8.37. The summed E-state index contributed by atoms with van der Waals surface area (Å²) in [5.41, 5.74) is 1.49. The Morgan fingerprint density at radius 2 is 2.00 bits per heavy atom. The van der Waals surface area contributed by atoms with E-state index in [4.69, 9.17) is 14.3 Å². The first-order chi connectivity index (χ1) is 12.0. The van der Waals surface area contributed by atoms with Gasteiger partial charge in [-0.05, 0) is 37.1 Å². The van der Waals surface area contributed by atoms with Crippen molar-refractivity contribution >= 4 is 17.6 Å². The lowest BCUT2D eigenvalue weighted by Gasteiger charge is -2.10. The van der Waals surface area contributed by atoms with E-state index in [1.165, 1.54) is 6.07 Å². The summed E-state index contributed by atoms with van der Waals surface area (Å²) >= 11 is 0. The second-order valence-corrected chi connectivity index (χ2v) is 5.74. The van der Waals surface area contributed by atoms with Crippen molar-refractivity contribution < 1.29 is 23.8 Å². The maximum Gasteiger partial charge on any atom is 0.339 e. The van der Waals surface area contributed by atoms with E-state index in [-0.39, 0.29) is 17.1 Å². The molecule has 0 saturated heterocycles. The van der Waals surface area contributed by atoms with E-state index in [0.717, 1.165) is 24.2 Å². The van der Waals surface area contributed by atoms with Gasteiger partial charge < -0.3 is 19.6 Å². The molecule has 0 aliphatic rings. The summed E-state index contributed by atoms with van der Waals surface area (Å²) < 4.78 is 11.0. The van der Waals surface area contributed by atoms with Crippen LogP contribution in [-0.2, 0) is 6.42 Å². The number of aryl methyl sites for hydroxylation is 2. The van der Waals surface area contributed by atoms with E-state index in [1.54, 1.807) is 19.1 Å². The van der Waals surface area contributed by atoms with Crippen LogP contribution in [0.25, 0.3) is 0 Å². The van der Waals surface area contributed by atoms with Crippen molar-refractivity contribution in [2.45, 2.75) is 40.0 Å². The van der Waals surface area contributed by atoms with E-state index < -0.39 is 11.9 Å². The molecule has 1 amide bonds. The molecule has 1 aromatic carbocycles. The van der Waals surface area contributed by atoms with Gasteiger partial charge in [-0.2, -0.15) is 0 Å². The smallest absolute Gasteiger partial charge is 0.339 e. The fraction of sp³-hybridized carbons (Fsp3) is 0.368. The summed E-state index contributed by atoms with van der Waals surface area (Å²) in [6, 6.07) is 6.67. The minimum Gasteiger partial charge on any atom is -0.494 e. The molecule has 0 atom stereocenters. The molecule has 6 heteroatoms. The zero-order valence-corrected chi connectivity index (χ0v) is 14.7. The molecule has 0 saturated carbocycles. The Morgan fingerprint density at radius 3 is 2.56 bits per heavy atom. The van der Waals surface area contributed by atoms with Crippen molar-refractivity contribution in [3.05, 3.63) is 46.9 Å². The third-order valence-electron chi connectivity index (χ3n) is 3.80. The molecular formula is C19H23NO5. The standard InChI is InChI=1S/C19H23NO5/c1-4-6-9-24-13-7-8-15(12(3)10-13)20-18(21)17-11-14(19(22)23)16(5-2)25-17/h7-8,10-11H,4-6,9H2,1-3H3,(H,20,21)(H,22,23). The minimum absolute atomic E-state index is 0.0167. The van der Waals surface area contributed by atoms with Gasteiger partial charge in [-0.25, -0.2) is 4.79 Å². The number of ether oxygens (including phenoxy) is 1. The average molecular weight is 345 g/mol. The lowest BCUT2D eigenvalue weighted by molar-refractivity contribution is 0.0694. The van der Waals surface area contributed by atoms with Gasteiger partial charge in [0.2, 0.25) is 0 Å². The summed E-state index contributed by atoms with van der Waals surface area (Å²) in [5, 5.41) is 11.9.